The summed E-state index contributed by atoms with van der Waals surface area (Å²) in [6.07, 6.45) is 1.42. The molecular formula is C15H12BrN5O2. The van der Waals surface area contributed by atoms with Crippen molar-refractivity contribution in [2.75, 3.05) is 12.3 Å². The maximum Gasteiger partial charge on any atom is 0.140 e. The van der Waals surface area contributed by atoms with Crippen molar-refractivity contribution in [3.63, 3.8) is 0 Å². The summed E-state index contributed by atoms with van der Waals surface area (Å²) in [5.74, 6) is 0.0679. The van der Waals surface area contributed by atoms with Gasteiger partial charge in [-0.3, -0.25) is 0 Å². The second-order valence-electron chi connectivity index (χ2n) is 4.54. The van der Waals surface area contributed by atoms with Crippen molar-refractivity contribution in [3.8, 4) is 17.9 Å². The largest absolute Gasteiger partial charge is 0.507 e. The van der Waals surface area contributed by atoms with Gasteiger partial charge in [0.05, 0.1) is 18.7 Å². The zero-order valence-corrected chi connectivity index (χ0v) is 13.4. The van der Waals surface area contributed by atoms with Gasteiger partial charge in [0.2, 0.25) is 0 Å². The third-order valence-corrected chi connectivity index (χ3v) is 3.57. The minimum absolute atomic E-state index is 0.0118. The first kappa shape index (κ1) is 16.6. The van der Waals surface area contributed by atoms with Crippen LogP contribution in [-0.4, -0.2) is 26.6 Å². The third-order valence-electron chi connectivity index (χ3n) is 3.08. The molecule has 8 heteroatoms. The first-order chi connectivity index (χ1) is 11.0. The fourth-order valence-electron chi connectivity index (χ4n) is 1.99. The van der Waals surface area contributed by atoms with Gasteiger partial charge in [-0.15, -0.1) is 0 Å². The molecule has 0 amide bonds. The predicted molar refractivity (Wildman–Crippen MR) is 87.7 cm³/mol. The molecule has 1 heterocycles. The highest BCUT2D eigenvalue weighted by atomic mass is 79.9. The number of aliphatic hydroxyl groups excluding tert-OH is 1. The molecule has 1 aromatic heterocycles. The molecule has 0 saturated heterocycles. The van der Waals surface area contributed by atoms with Crippen molar-refractivity contribution in [2.24, 2.45) is 0 Å². The Balaban J connectivity index is 2.61. The number of hydrogen-bond donors (Lipinski definition) is 3. The minimum Gasteiger partial charge on any atom is -0.507 e. The molecule has 0 unspecified atom stereocenters. The quantitative estimate of drug-likeness (QED) is 0.700. The van der Waals surface area contributed by atoms with Gasteiger partial charge in [0.15, 0.2) is 0 Å². The summed E-state index contributed by atoms with van der Waals surface area (Å²) in [5.41, 5.74) is 6.46. The van der Waals surface area contributed by atoms with E-state index < -0.39 is 0 Å². The second-order valence-corrected chi connectivity index (χ2v) is 5.46. The Labute approximate surface area is 140 Å². The number of phenolic OH excluding ortho intramolecular Hbond substituents is 1. The molecule has 0 bridgehead atoms. The normalized spacial score (nSPS) is 11.0. The molecule has 0 fully saturated rings. The molecule has 0 atom stereocenters. The Hall–Kier alpha value is -2.81. The molecule has 23 heavy (non-hydrogen) atoms. The van der Waals surface area contributed by atoms with Crippen LogP contribution >= 0.6 is 15.9 Å². The highest BCUT2D eigenvalue weighted by molar-refractivity contribution is 9.10. The van der Waals surface area contributed by atoms with Crippen LogP contribution in [0, 0.1) is 22.7 Å². The number of aliphatic hydroxyl groups is 1. The van der Waals surface area contributed by atoms with Crippen LogP contribution < -0.4 is 5.73 Å². The van der Waals surface area contributed by atoms with Crippen LogP contribution in [0.3, 0.4) is 0 Å². The van der Waals surface area contributed by atoms with E-state index in [1.807, 2.05) is 12.1 Å². The van der Waals surface area contributed by atoms with E-state index >= 15 is 0 Å². The van der Waals surface area contributed by atoms with Gasteiger partial charge in [0.1, 0.15) is 35.0 Å². The van der Waals surface area contributed by atoms with Crippen molar-refractivity contribution in [2.45, 2.75) is 6.54 Å². The number of aromatic nitrogens is 2. The number of rotatable bonds is 4. The lowest BCUT2D eigenvalue weighted by Gasteiger charge is -2.01. The van der Waals surface area contributed by atoms with Crippen LogP contribution in [0.4, 0.5) is 5.82 Å². The Morgan fingerprint density at radius 2 is 2.17 bits per heavy atom. The molecular weight excluding hydrogens is 362 g/mol. The number of anilines is 1. The lowest BCUT2D eigenvalue weighted by atomic mass is 10.1. The van der Waals surface area contributed by atoms with E-state index in [1.54, 1.807) is 12.1 Å². The molecule has 0 aliphatic heterocycles. The smallest absolute Gasteiger partial charge is 0.140 e. The number of aromatic hydroxyl groups is 1. The van der Waals surface area contributed by atoms with Crippen LogP contribution in [0.25, 0.3) is 11.6 Å². The van der Waals surface area contributed by atoms with Gasteiger partial charge in [-0.25, -0.2) is 4.68 Å². The summed E-state index contributed by atoms with van der Waals surface area (Å²) in [7, 11) is 0. The highest BCUT2D eigenvalue weighted by Crippen LogP contribution is 2.29. The van der Waals surface area contributed by atoms with Crippen LogP contribution in [0.5, 0.6) is 5.75 Å². The van der Waals surface area contributed by atoms with Gasteiger partial charge in [0, 0.05) is 10.0 Å². The van der Waals surface area contributed by atoms with E-state index in [1.165, 1.54) is 16.8 Å². The maximum absolute atomic E-state index is 9.87. The molecule has 0 spiro atoms. The lowest BCUT2D eigenvalue weighted by molar-refractivity contribution is 0.270. The predicted octanol–water partition coefficient (Wildman–Crippen LogP) is 1.86. The summed E-state index contributed by atoms with van der Waals surface area (Å²) >= 11 is 3.29. The maximum atomic E-state index is 9.87. The van der Waals surface area contributed by atoms with Crippen LogP contribution in [0.15, 0.2) is 22.7 Å². The molecule has 0 aliphatic rings. The number of benzene rings is 1. The molecule has 2 aromatic rings. The first-order valence-corrected chi connectivity index (χ1v) is 7.29. The number of halogens is 1. The Kier molecular flexibility index (Phi) is 5.02. The van der Waals surface area contributed by atoms with Crippen LogP contribution in [0.1, 0.15) is 16.8 Å². The standard InChI is InChI=1S/C15H12BrN5O2/c16-11-1-2-13(23)9(6-11)5-10(7-17)14-12(8-18)15(19)21(20-14)3-4-22/h1-2,5-6,22-23H,3-4,19H2/b10-5+. The van der Waals surface area contributed by atoms with E-state index in [-0.39, 0.29) is 41.5 Å². The number of hydrogen-bond acceptors (Lipinski definition) is 6. The highest BCUT2D eigenvalue weighted by Gasteiger charge is 2.19. The van der Waals surface area contributed by atoms with Gasteiger partial charge in [-0.2, -0.15) is 15.6 Å². The number of allylic oxidation sites excluding steroid dienone is 1. The average Bonchev–Trinajstić information content (AvgIpc) is 2.84. The fraction of sp³-hybridized carbons (Fsp3) is 0.133. The number of nitrogen functional groups attached to an aromatic ring is 1. The SMILES string of the molecule is N#C/C(=C\c1cc(Br)ccc1O)c1nn(CCO)c(N)c1C#N. The number of phenols is 1. The molecule has 0 aliphatic carbocycles. The van der Waals surface area contributed by atoms with Gasteiger partial charge < -0.3 is 15.9 Å². The zero-order chi connectivity index (χ0) is 17.0. The van der Waals surface area contributed by atoms with E-state index in [9.17, 15) is 15.6 Å². The Bertz CT molecular complexity index is 858. The molecule has 4 N–H and O–H groups in total. The molecule has 0 saturated carbocycles. The molecule has 0 radical (unpaired) electrons. The average molecular weight is 374 g/mol. The summed E-state index contributed by atoms with van der Waals surface area (Å²) < 4.78 is 1.99. The Morgan fingerprint density at radius 1 is 1.43 bits per heavy atom. The monoisotopic (exact) mass is 373 g/mol. The van der Waals surface area contributed by atoms with E-state index in [0.717, 1.165) is 4.47 Å². The molecule has 7 nitrogen and oxygen atoms in total. The third kappa shape index (κ3) is 3.34. The van der Waals surface area contributed by atoms with Crippen molar-refractivity contribution in [3.05, 3.63) is 39.5 Å². The van der Waals surface area contributed by atoms with Gasteiger partial charge in [-0.05, 0) is 24.3 Å². The second kappa shape index (κ2) is 6.97. The van der Waals surface area contributed by atoms with Gasteiger partial charge >= 0.3 is 0 Å². The van der Waals surface area contributed by atoms with E-state index in [2.05, 4.69) is 21.0 Å². The number of nitriles is 2. The van der Waals surface area contributed by atoms with Crippen molar-refractivity contribution < 1.29 is 10.2 Å². The van der Waals surface area contributed by atoms with Crippen LogP contribution in [0.2, 0.25) is 0 Å². The van der Waals surface area contributed by atoms with Gasteiger partial charge in [0.25, 0.3) is 0 Å². The van der Waals surface area contributed by atoms with Crippen molar-refractivity contribution in [1.29, 1.82) is 10.5 Å². The van der Waals surface area contributed by atoms with E-state index in [0.29, 0.717) is 5.56 Å². The molecule has 2 rings (SSSR count). The summed E-state index contributed by atoms with van der Waals surface area (Å²) in [4.78, 5) is 0. The minimum atomic E-state index is -0.200. The number of nitrogens with zero attached hydrogens (tertiary/aromatic N) is 4. The van der Waals surface area contributed by atoms with Crippen LogP contribution in [-0.2, 0) is 6.54 Å². The summed E-state index contributed by atoms with van der Waals surface area (Å²) in [6.45, 7) is -0.0877. The van der Waals surface area contributed by atoms with Crippen molar-refractivity contribution in [1.82, 2.24) is 9.78 Å². The molecule has 1 aromatic carbocycles. The topological polar surface area (TPSA) is 132 Å². The zero-order valence-electron chi connectivity index (χ0n) is 11.9. The first-order valence-electron chi connectivity index (χ1n) is 6.49. The summed E-state index contributed by atoms with van der Waals surface area (Å²) in [6, 6.07) is 8.65. The summed E-state index contributed by atoms with van der Waals surface area (Å²) in [5, 5.41) is 41.6. The molecule has 116 valence electrons. The van der Waals surface area contributed by atoms with Gasteiger partial charge in [-0.1, -0.05) is 15.9 Å². The van der Waals surface area contributed by atoms with E-state index in [4.69, 9.17) is 10.8 Å². The van der Waals surface area contributed by atoms with Crippen molar-refractivity contribution >= 4 is 33.4 Å². The lowest BCUT2D eigenvalue weighted by Crippen LogP contribution is -2.07. The Morgan fingerprint density at radius 3 is 2.78 bits per heavy atom. The number of nitrogens with two attached hydrogens (primary N) is 1. The fourth-order valence-corrected chi connectivity index (χ4v) is 2.37.